The van der Waals surface area contributed by atoms with Crippen LogP contribution in [0.2, 0.25) is 0 Å². The van der Waals surface area contributed by atoms with Gasteiger partial charge in [0.15, 0.2) is 11.6 Å². The lowest BCUT2D eigenvalue weighted by atomic mass is 9.79. The third-order valence-electron chi connectivity index (χ3n) is 4.59. The third kappa shape index (κ3) is 5.83. The van der Waals surface area contributed by atoms with Crippen LogP contribution in [0.5, 0.6) is 5.75 Å². The van der Waals surface area contributed by atoms with Gasteiger partial charge in [-0.05, 0) is 43.7 Å². The molecule has 1 aliphatic carbocycles. The lowest BCUT2D eigenvalue weighted by Crippen LogP contribution is -2.36. The number of hydrogen-bond acceptors (Lipinski definition) is 4. The molecule has 1 aliphatic rings. The number of rotatable bonds is 7. The summed E-state index contributed by atoms with van der Waals surface area (Å²) in [7, 11) is 0. The summed E-state index contributed by atoms with van der Waals surface area (Å²) in [6.45, 7) is 4.62. The molecule has 1 aromatic carbocycles. The summed E-state index contributed by atoms with van der Waals surface area (Å²) in [6.07, 6.45) is 4.74. The predicted octanol–water partition coefficient (Wildman–Crippen LogP) is 4.52. The Morgan fingerprint density at radius 2 is 1.76 bits per heavy atom. The highest BCUT2D eigenvalue weighted by Crippen LogP contribution is 2.33. The maximum absolute atomic E-state index is 13.7. The van der Waals surface area contributed by atoms with Gasteiger partial charge in [-0.3, -0.25) is 9.59 Å². The minimum Gasteiger partial charge on any atom is -0.465 e. The highest BCUT2D eigenvalue weighted by atomic mass is 19.1. The van der Waals surface area contributed by atoms with Gasteiger partial charge in [-0.2, -0.15) is 0 Å². The fourth-order valence-corrected chi connectivity index (χ4v) is 3.18. The molecule has 0 spiro atoms. The van der Waals surface area contributed by atoms with E-state index < -0.39 is 23.6 Å². The Balaban J connectivity index is 1.93. The van der Waals surface area contributed by atoms with Gasteiger partial charge in [0.25, 0.3) is 0 Å². The van der Waals surface area contributed by atoms with Gasteiger partial charge in [0.2, 0.25) is 0 Å². The molecule has 0 radical (unpaired) electrons. The van der Waals surface area contributed by atoms with Gasteiger partial charge in [0.05, 0.1) is 18.4 Å². The van der Waals surface area contributed by atoms with Crippen LogP contribution in [0.15, 0.2) is 24.3 Å². The molecular formula is C20H27FO4. The first-order chi connectivity index (χ1) is 12.0. The molecular weight excluding hydrogens is 323 g/mol. The van der Waals surface area contributed by atoms with Crippen molar-refractivity contribution in [3.8, 4) is 5.75 Å². The van der Waals surface area contributed by atoms with E-state index in [2.05, 4.69) is 13.8 Å². The molecule has 4 nitrogen and oxygen atoms in total. The monoisotopic (exact) mass is 350 g/mol. The van der Waals surface area contributed by atoms with Gasteiger partial charge in [0, 0.05) is 0 Å². The minimum absolute atomic E-state index is 0.0953. The van der Waals surface area contributed by atoms with E-state index in [1.165, 1.54) is 18.2 Å². The Labute approximate surface area is 148 Å². The summed E-state index contributed by atoms with van der Waals surface area (Å²) in [5.74, 6) is -2.05. The third-order valence-corrected chi connectivity index (χ3v) is 4.59. The molecule has 138 valence electrons. The maximum Gasteiger partial charge on any atom is 0.315 e. The standard InChI is InChI=1S/C20H27FO4/c1-14(2)8-7-13-24-19(22)15-9-3-4-10-16(15)20(23)25-18-12-6-5-11-17(18)21/h5-6,11-12,14-16H,3-4,7-10,13H2,1-2H3. The lowest BCUT2D eigenvalue weighted by Gasteiger charge is -2.28. The summed E-state index contributed by atoms with van der Waals surface area (Å²) in [6, 6.07) is 5.79. The Hall–Kier alpha value is -1.91. The molecule has 0 amide bonds. The smallest absolute Gasteiger partial charge is 0.315 e. The van der Waals surface area contributed by atoms with E-state index in [9.17, 15) is 14.0 Å². The molecule has 0 aliphatic heterocycles. The van der Waals surface area contributed by atoms with Crippen LogP contribution in [-0.4, -0.2) is 18.5 Å². The number of hydrogen-bond donors (Lipinski definition) is 0. The summed E-state index contributed by atoms with van der Waals surface area (Å²) in [4.78, 5) is 24.8. The molecule has 0 saturated heterocycles. The first kappa shape index (κ1) is 19.4. The summed E-state index contributed by atoms with van der Waals surface area (Å²) in [5.41, 5.74) is 0. The Morgan fingerprint density at radius 3 is 2.40 bits per heavy atom. The van der Waals surface area contributed by atoms with Crippen molar-refractivity contribution >= 4 is 11.9 Å². The van der Waals surface area contributed by atoms with E-state index in [1.54, 1.807) is 6.07 Å². The number of benzene rings is 1. The average molecular weight is 350 g/mol. The fourth-order valence-electron chi connectivity index (χ4n) is 3.18. The maximum atomic E-state index is 13.7. The number of ether oxygens (including phenoxy) is 2. The van der Waals surface area contributed by atoms with Gasteiger partial charge >= 0.3 is 11.9 Å². The second kappa shape index (κ2) is 9.54. The predicted molar refractivity (Wildman–Crippen MR) is 92.5 cm³/mol. The minimum atomic E-state index is -0.584. The second-order valence-corrected chi connectivity index (χ2v) is 7.05. The molecule has 1 aromatic rings. The first-order valence-electron chi connectivity index (χ1n) is 9.12. The Morgan fingerprint density at radius 1 is 1.12 bits per heavy atom. The average Bonchev–Trinajstić information content (AvgIpc) is 2.60. The van der Waals surface area contributed by atoms with Gasteiger partial charge in [0.1, 0.15) is 0 Å². The molecule has 25 heavy (non-hydrogen) atoms. The largest absolute Gasteiger partial charge is 0.465 e. The van der Waals surface area contributed by atoms with Gasteiger partial charge in [-0.25, -0.2) is 4.39 Å². The van der Waals surface area contributed by atoms with Gasteiger partial charge < -0.3 is 9.47 Å². The van der Waals surface area contributed by atoms with Gasteiger partial charge in [-0.1, -0.05) is 38.8 Å². The van der Waals surface area contributed by atoms with Crippen molar-refractivity contribution < 1.29 is 23.5 Å². The van der Waals surface area contributed by atoms with E-state index in [0.29, 0.717) is 25.4 Å². The normalized spacial score (nSPS) is 20.3. The number of esters is 2. The van der Waals surface area contributed by atoms with Crippen LogP contribution in [0.3, 0.4) is 0 Å². The summed E-state index contributed by atoms with van der Waals surface area (Å²) >= 11 is 0. The zero-order valence-electron chi connectivity index (χ0n) is 15.0. The Kier molecular flexibility index (Phi) is 7.41. The van der Waals surface area contributed by atoms with E-state index in [-0.39, 0.29) is 11.7 Å². The number of carbonyl (C=O) groups is 2. The van der Waals surface area contributed by atoms with Crippen LogP contribution < -0.4 is 4.74 Å². The zero-order chi connectivity index (χ0) is 18.2. The number of carbonyl (C=O) groups excluding carboxylic acids is 2. The first-order valence-corrected chi connectivity index (χ1v) is 9.12. The van der Waals surface area contributed by atoms with E-state index in [1.807, 2.05) is 0 Å². The van der Waals surface area contributed by atoms with Crippen LogP contribution in [0.4, 0.5) is 4.39 Å². The van der Waals surface area contributed by atoms with Crippen LogP contribution in [0, 0.1) is 23.6 Å². The highest BCUT2D eigenvalue weighted by Gasteiger charge is 2.38. The van der Waals surface area contributed by atoms with Crippen molar-refractivity contribution in [3.63, 3.8) is 0 Å². The zero-order valence-corrected chi connectivity index (χ0v) is 15.0. The van der Waals surface area contributed by atoms with Crippen molar-refractivity contribution in [3.05, 3.63) is 30.1 Å². The molecule has 1 saturated carbocycles. The fraction of sp³-hybridized carbons (Fsp3) is 0.600. The summed E-state index contributed by atoms with van der Waals surface area (Å²) < 4.78 is 24.2. The second-order valence-electron chi connectivity index (χ2n) is 7.05. The topological polar surface area (TPSA) is 52.6 Å². The quantitative estimate of drug-likeness (QED) is 0.412. The molecule has 0 bridgehead atoms. The van der Waals surface area contributed by atoms with Crippen molar-refractivity contribution in [1.29, 1.82) is 0 Å². The van der Waals surface area contributed by atoms with E-state index in [0.717, 1.165) is 25.7 Å². The number of para-hydroxylation sites is 1. The van der Waals surface area contributed by atoms with Crippen LogP contribution in [0.25, 0.3) is 0 Å². The number of halogens is 1. The van der Waals surface area contributed by atoms with Crippen molar-refractivity contribution in [2.45, 2.75) is 52.4 Å². The van der Waals surface area contributed by atoms with E-state index >= 15 is 0 Å². The molecule has 2 rings (SSSR count). The lowest BCUT2D eigenvalue weighted by molar-refractivity contribution is -0.158. The molecule has 2 unspecified atom stereocenters. The molecule has 0 heterocycles. The van der Waals surface area contributed by atoms with Gasteiger partial charge in [-0.15, -0.1) is 0 Å². The molecule has 1 fully saturated rings. The van der Waals surface area contributed by atoms with Crippen LogP contribution in [-0.2, 0) is 14.3 Å². The van der Waals surface area contributed by atoms with E-state index in [4.69, 9.17) is 9.47 Å². The summed E-state index contributed by atoms with van der Waals surface area (Å²) in [5, 5.41) is 0. The van der Waals surface area contributed by atoms with Crippen molar-refractivity contribution in [2.24, 2.45) is 17.8 Å². The van der Waals surface area contributed by atoms with Crippen LogP contribution >= 0.6 is 0 Å². The SMILES string of the molecule is CC(C)CCCOC(=O)C1CCCCC1C(=O)Oc1ccccc1F. The molecule has 5 heteroatoms. The van der Waals surface area contributed by atoms with Crippen molar-refractivity contribution in [1.82, 2.24) is 0 Å². The molecule has 0 N–H and O–H groups in total. The molecule has 0 aromatic heterocycles. The van der Waals surface area contributed by atoms with Crippen LogP contribution in [0.1, 0.15) is 52.4 Å². The molecule has 2 atom stereocenters. The Bertz CT molecular complexity index is 585. The highest BCUT2D eigenvalue weighted by molar-refractivity contribution is 5.83. The van der Waals surface area contributed by atoms with Crippen molar-refractivity contribution in [2.75, 3.05) is 6.61 Å².